The Morgan fingerprint density at radius 1 is 1.43 bits per heavy atom. The van der Waals surface area contributed by atoms with Gasteiger partial charge in [-0.1, -0.05) is 19.8 Å². The molecular formula is C11H20N2O. The minimum Gasteiger partial charge on any atom is -0.379 e. The van der Waals surface area contributed by atoms with Crippen LogP contribution in [0.25, 0.3) is 0 Å². The number of likely N-dealkylation sites (tertiary alicyclic amines) is 1. The van der Waals surface area contributed by atoms with Gasteiger partial charge in [-0.15, -0.1) is 0 Å². The van der Waals surface area contributed by atoms with Crippen LogP contribution in [0.3, 0.4) is 0 Å². The second-order valence-electron chi connectivity index (χ2n) is 3.52. The number of nitrogens with two attached hydrogens (primary N) is 1. The summed E-state index contributed by atoms with van der Waals surface area (Å²) in [7, 11) is 0. The summed E-state index contributed by atoms with van der Waals surface area (Å²) >= 11 is 0. The van der Waals surface area contributed by atoms with E-state index in [-0.39, 0.29) is 0 Å². The second kappa shape index (κ2) is 5.23. The fraction of sp³-hybridized carbons (Fsp3) is 0.818. The lowest BCUT2D eigenvalue weighted by Gasteiger charge is -2.48. The normalized spacial score (nSPS) is 29.9. The average Bonchev–Trinajstić information content (AvgIpc) is 2.71. The number of hydrogen-bond donors (Lipinski definition) is 1. The van der Waals surface area contributed by atoms with Crippen molar-refractivity contribution in [2.45, 2.75) is 32.2 Å². The molecule has 1 atom stereocenters. The lowest BCUT2D eigenvalue weighted by atomic mass is 9.84. The summed E-state index contributed by atoms with van der Waals surface area (Å²) < 4.78 is 5.39. The highest BCUT2D eigenvalue weighted by Crippen LogP contribution is 2.37. The van der Waals surface area contributed by atoms with Crippen molar-refractivity contribution in [3.63, 3.8) is 0 Å². The van der Waals surface area contributed by atoms with Crippen LogP contribution in [0.15, 0.2) is 0 Å². The number of nitrogens with zero attached hydrogens (tertiary/aromatic N) is 1. The number of hydrogen-bond acceptors (Lipinski definition) is 3. The van der Waals surface area contributed by atoms with E-state index >= 15 is 0 Å². The van der Waals surface area contributed by atoms with Crippen LogP contribution in [-0.4, -0.2) is 36.7 Å². The molecule has 0 saturated carbocycles. The largest absolute Gasteiger partial charge is 0.379 e. The van der Waals surface area contributed by atoms with Gasteiger partial charge >= 0.3 is 0 Å². The molecule has 1 unspecified atom stereocenters. The lowest BCUT2D eigenvalue weighted by molar-refractivity contribution is -0.00907. The molecule has 80 valence electrons. The van der Waals surface area contributed by atoms with Crippen LogP contribution in [0.2, 0.25) is 0 Å². The third kappa shape index (κ3) is 2.02. The van der Waals surface area contributed by atoms with Crippen molar-refractivity contribution in [1.29, 1.82) is 0 Å². The summed E-state index contributed by atoms with van der Waals surface area (Å²) in [5, 5.41) is 0. The van der Waals surface area contributed by atoms with Gasteiger partial charge in [-0.3, -0.25) is 4.90 Å². The summed E-state index contributed by atoms with van der Waals surface area (Å²) in [6.45, 7) is 7.75. The van der Waals surface area contributed by atoms with Gasteiger partial charge in [0.05, 0.1) is 13.2 Å². The highest BCUT2D eigenvalue weighted by Gasteiger charge is 2.46. The van der Waals surface area contributed by atoms with Gasteiger partial charge in [0, 0.05) is 24.7 Å². The van der Waals surface area contributed by atoms with Gasteiger partial charge < -0.3 is 10.5 Å². The molecule has 1 spiro atoms. The summed E-state index contributed by atoms with van der Waals surface area (Å²) in [6.07, 6.45) is 2.43. The van der Waals surface area contributed by atoms with Gasteiger partial charge in [-0.25, -0.2) is 0 Å². The molecule has 3 heteroatoms. The second-order valence-corrected chi connectivity index (χ2v) is 3.52. The topological polar surface area (TPSA) is 38.5 Å². The van der Waals surface area contributed by atoms with E-state index in [0.29, 0.717) is 5.54 Å². The van der Waals surface area contributed by atoms with E-state index in [9.17, 15) is 0 Å². The first-order chi connectivity index (χ1) is 6.87. The van der Waals surface area contributed by atoms with E-state index < -0.39 is 0 Å². The van der Waals surface area contributed by atoms with E-state index in [1.165, 1.54) is 12.8 Å². The van der Waals surface area contributed by atoms with Crippen molar-refractivity contribution in [2.24, 2.45) is 5.73 Å². The van der Waals surface area contributed by atoms with Crippen LogP contribution in [0.5, 0.6) is 0 Å². The molecule has 3 nitrogen and oxygen atoms in total. The quantitative estimate of drug-likeness (QED) is 0.498. The minimum atomic E-state index is 0.337. The Morgan fingerprint density at radius 3 is 2.64 bits per heavy atom. The Labute approximate surface area is 86.6 Å². The predicted octanol–water partition coefficient (Wildman–Crippen LogP) is 0.797. The summed E-state index contributed by atoms with van der Waals surface area (Å²) in [5.74, 6) is 2.90. The molecule has 0 aromatic heterocycles. The first kappa shape index (κ1) is 11.4. The SMILES string of the molecule is CC.NC#CCN1CCC12CCOC2. The summed E-state index contributed by atoms with van der Waals surface area (Å²) in [6, 6.07) is 2.44. The Bertz CT molecular complexity index is 223. The third-order valence-corrected chi connectivity index (χ3v) is 2.97. The molecular weight excluding hydrogens is 176 g/mol. The van der Waals surface area contributed by atoms with E-state index in [1.807, 2.05) is 13.8 Å². The predicted molar refractivity (Wildman–Crippen MR) is 57.7 cm³/mol. The van der Waals surface area contributed by atoms with Gasteiger partial charge in [-0.2, -0.15) is 0 Å². The first-order valence-corrected chi connectivity index (χ1v) is 5.39. The third-order valence-electron chi connectivity index (χ3n) is 2.97. The molecule has 2 aliphatic heterocycles. The van der Waals surface area contributed by atoms with Gasteiger partial charge in [-0.05, 0) is 12.8 Å². The van der Waals surface area contributed by atoms with E-state index in [2.05, 4.69) is 16.9 Å². The van der Waals surface area contributed by atoms with Crippen molar-refractivity contribution in [3.8, 4) is 12.0 Å². The lowest BCUT2D eigenvalue weighted by Crippen LogP contribution is -2.60. The van der Waals surface area contributed by atoms with Crippen molar-refractivity contribution >= 4 is 0 Å². The standard InChI is InChI=1S/C9H14N2O.C2H6/c10-4-1-5-11-6-2-9(11)3-7-12-8-9;1-2/h2-3,5-8,10H2;1-2H3. The Morgan fingerprint density at radius 2 is 2.21 bits per heavy atom. The Balaban J connectivity index is 0.000000461. The average molecular weight is 196 g/mol. The molecule has 0 aliphatic carbocycles. The Kier molecular flexibility index (Phi) is 4.24. The van der Waals surface area contributed by atoms with Crippen molar-refractivity contribution in [1.82, 2.24) is 4.90 Å². The molecule has 2 heterocycles. The monoisotopic (exact) mass is 196 g/mol. The maximum atomic E-state index is 5.39. The van der Waals surface area contributed by atoms with Gasteiger partial charge in [0.1, 0.15) is 0 Å². The molecule has 2 fully saturated rings. The smallest absolute Gasteiger partial charge is 0.0652 e. The van der Waals surface area contributed by atoms with Gasteiger partial charge in [0.15, 0.2) is 0 Å². The minimum absolute atomic E-state index is 0.337. The molecule has 0 amide bonds. The van der Waals surface area contributed by atoms with Crippen LogP contribution in [-0.2, 0) is 4.74 Å². The van der Waals surface area contributed by atoms with Crippen LogP contribution in [0.1, 0.15) is 26.7 Å². The van der Waals surface area contributed by atoms with Crippen LogP contribution in [0, 0.1) is 12.0 Å². The van der Waals surface area contributed by atoms with Gasteiger partial charge in [0.25, 0.3) is 0 Å². The summed E-state index contributed by atoms with van der Waals surface area (Å²) in [4.78, 5) is 2.37. The molecule has 0 aromatic rings. The summed E-state index contributed by atoms with van der Waals surface area (Å²) in [5.41, 5.74) is 5.46. The highest BCUT2D eigenvalue weighted by molar-refractivity contribution is 5.07. The van der Waals surface area contributed by atoms with Crippen LogP contribution in [0.4, 0.5) is 0 Å². The molecule has 2 aliphatic rings. The Hall–Kier alpha value is -0.720. The fourth-order valence-electron chi connectivity index (χ4n) is 2.02. The van der Waals surface area contributed by atoms with Crippen molar-refractivity contribution in [2.75, 3.05) is 26.3 Å². The zero-order valence-corrected chi connectivity index (χ0v) is 9.18. The maximum absolute atomic E-state index is 5.39. The molecule has 2 saturated heterocycles. The van der Waals surface area contributed by atoms with E-state index in [1.54, 1.807) is 0 Å². The van der Waals surface area contributed by atoms with Gasteiger partial charge in [0.2, 0.25) is 0 Å². The highest BCUT2D eigenvalue weighted by atomic mass is 16.5. The van der Waals surface area contributed by atoms with Crippen molar-refractivity contribution < 1.29 is 4.74 Å². The maximum Gasteiger partial charge on any atom is 0.0652 e. The van der Waals surface area contributed by atoms with Crippen LogP contribution < -0.4 is 5.73 Å². The first-order valence-electron chi connectivity index (χ1n) is 5.39. The molecule has 0 aromatic carbocycles. The molecule has 2 rings (SSSR count). The van der Waals surface area contributed by atoms with Crippen LogP contribution >= 0.6 is 0 Å². The zero-order valence-electron chi connectivity index (χ0n) is 9.18. The molecule has 14 heavy (non-hydrogen) atoms. The number of rotatable bonds is 1. The molecule has 2 N–H and O–H groups in total. The number of ether oxygens (including phenoxy) is 1. The molecule has 0 bridgehead atoms. The zero-order chi connectivity index (χ0) is 10.4. The van der Waals surface area contributed by atoms with Crippen molar-refractivity contribution in [3.05, 3.63) is 0 Å². The fourth-order valence-corrected chi connectivity index (χ4v) is 2.02. The van der Waals surface area contributed by atoms with E-state index in [0.717, 1.165) is 26.3 Å². The molecule has 0 radical (unpaired) electrons. The van der Waals surface area contributed by atoms with E-state index in [4.69, 9.17) is 10.5 Å².